The minimum Gasteiger partial charge on any atom is -0.497 e. The van der Waals surface area contributed by atoms with Gasteiger partial charge < -0.3 is 20.1 Å². The molecule has 0 bridgehead atoms. The second-order valence-corrected chi connectivity index (χ2v) is 6.92. The van der Waals surface area contributed by atoms with Crippen LogP contribution in [-0.4, -0.2) is 49.3 Å². The number of aromatic nitrogens is 2. The van der Waals surface area contributed by atoms with Crippen LogP contribution >= 0.6 is 0 Å². The normalized spacial score (nSPS) is 10.5. The summed E-state index contributed by atoms with van der Waals surface area (Å²) in [6.45, 7) is 2.51. The summed E-state index contributed by atoms with van der Waals surface area (Å²) in [7, 11) is 3.51. The smallest absolute Gasteiger partial charge is 0.359 e. The number of likely N-dealkylation sites (N-methyl/N-ethyl adjacent to an activating group) is 1. The minimum atomic E-state index is -0.553. The van der Waals surface area contributed by atoms with Crippen molar-refractivity contribution in [2.45, 2.75) is 13.3 Å². The van der Waals surface area contributed by atoms with Crippen LogP contribution in [0.3, 0.4) is 0 Å². The number of ether oxygens (including phenoxy) is 2. The van der Waals surface area contributed by atoms with Gasteiger partial charge in [0, 0.05) is 30.5 Å². The van der Waals surface area contributed by atoms with E-state index in [1.807, 2.05) is 36.2 Å². The molecule has 0 atom stereocenters. The van der Waals surface area contributed by atoms with Gasteiger partial charge in [0.05, 0.1) is 19.4 Å². The van der Waals surface area contributed by atoms with Gasteiger partial charge in [-0.2, -0.15) is 5.10 Å². The van der Waals surface area contributed by atoms with Gasteiger partial charge in [0.15, 0.2) is 12.0 Å². The van der Waals surface area contributed by atoms with Gasteiger partial charge in [-0.05, 0) is 61.9 Å². The Bertz CT molecular complexity index is 1040. The van der Waals surface area contributed by atoms with Crippen LogP contribution in [0.5, 0.6) is 5.75 Å². The minimum absolute atomic E-state index is 0.144. The van der Waals surface area contributed by atoms with E-state index >= 15 is 0 Å². The summed E-state index contributed by atoms with van der Waals surface area (Å²) in [4.78, 5) is 26.6. The molecule has 0 fully saturated rings. The SMILES string of the molecule is CCOC(=O)c1nn(-c2ccc(OC)cc2)c(C=O)c1CCN(C)c1ccc(N)cc1. The van der Waals surface area contributed by atoms with Gasteiger partial charge in [0.25, 0.3) is 0 Å². The number of nitrogen functional groups attached to an aromatic ring is 1. The lowest BCUT2D eigenvalue weighted by molar-refractivity contribution is 0.0517. The molecule has 0 spiro atoms. The molecule has 2 N–H and O–H groups in total. The van der Waals surface area contributed by atoms with Gasteiger partial charge in [-0.25, -0.2) is 9.48 Å². The van der Waals surface area contributed by atoms with Crippen molar-refractivity contribution in [3.05, 3.63) is 65.5 Å². The molecule has 8 nitrogen and oxygen atoms in total. The van der Waals surface area contributed by atoms with E-state index in [0.29, 0.717) is 41.3 Å². The number of carbonyl (C=O) groups excluding carboxylic acids is 2. The van der Waals surface area contributed by atoms with Crippen LogP contribution in [0.4, 0.5) is 11.4 Å². The topological polar surface area (TPSA) is 99.7 Å². The van der Waals surface area contributed by atoms with Gasteiger partial charge >= 0.3 is 5.97 Å². The van der Waals surface area contributed by atoms with Crippen LogP contribution in [-0.2, 0) is 11.2 Å². The van der Waals surface area contributed by atoms with Crippen LogP contribution in [0.25, 0.3) is 5.69 Å². The van der Waals surface area contributed by atoms with Crippen LogP contribution in [0.15, 0.2) is 48.5 Å². The molecule has 0 unspecified atom stereocenters. The molecule has 1 aromatic heterocycles. The third-order valence-electron chi connectivity index (χ3n) is 4.95. The van der Waals surface area contributed by atoms with Gasteiger partial charge in [0.2, 0.25) is 0 Å². The largest absolute Gasteiger partial charge is 0.497 e. The van der Waals surface area contributed by atoms with E-state index < -0.39 is 5.97 Å². The Labute approximate surface area is 181 Å². The molecule has 0 aliphatic heterocycles. The quantitative estimate of drug-likeness (QED) is 0.321. The second kappa shape index (κ2) is 9.80. The Morgan fingerprint density at radius 2 is 1.84 bits per heavy atom. The first-order chi connectivity index (χ1) is 15.0. The van der Waals surface area contributed by atoms with Crippen LogP contribution < -0.4 is 15.4 Å². The summed E-state index contributed by atoms with van der Waals surface area (Å²) in [6, 6.07) is 14.6. The highest BCUT2D eigenvalue weighted by Crippen LogP contribution is 2.23. The molecular weight excluding hydrogens is 396 g/mol. The molecule has 3 aromatic rings. The van der Waals surface area contributed by atoms with E-state index in [1.165, 1.54) is 4.68 Å². The van der Waals surface area contributed by atoms with Crippen molar-refractivity contribution < 1.29 is 19.1 Å². The van der Waals surface area contributed by atoms with Crippen molar-refractivity contribution >= 4 is 23.6 Å². The Hall–Kier alpha value is -3.81. The fourth-order valence-electron chi connectivity index (χ4n) is 3.25. The fraction of sp³-hybridized carbons (Fsp3) is 0.261. The van der Waals surface area contributed by atoms with Crippen LogP contribution in [0, 0.1) is 0 Å². The molecule has 1 heterocycles. The highest BCUT2D eigenvalue weighted by atomic mass is 16.5. The second-order valence-electron chi connectivity index (χ2n) is 6.92. The zero-order valence-electron chi connectivity index (χ0n) is 17.9. The van der Waals surface area contributed by atoms with Crippen molar-refractivity contribution in [1.82, 2.24) is 9.78 Å². The molecule has 0 amide bonds. The monoisotopic (exact) mass is 422 g/mol. The maximum Gasteiger partial charge on any atom is 0.359 e. The summed E-state index contributed by atoms with van der Waals surface area (Å²) in [5, 5.41) is 4.42. The summed E-state index contributed by atoms with van der Waals surface area (Å²) >= 11 is 0. The van der Waals surface area contributed by atoms with Crippen LogP contribution in [0.1, 0.15) is 33.5 Å². The third kappa shape index (κ3) is 4.85. The Balaban J connectivity index is 1.95. The highest BCUT2D eigenvalue weighted by molar-refractivity contribution is 5.92. The predicted molar refractivity (Wildman–Crippen MR) is 119 cm³/mol. The average molecular weight is 422 g/mol. The number of nitrogens with two attached hydrogens (primary N) is 1. The van der Waals surface area contributed by atoms with E-state index in [0.717, 1.165) is 12.0 Å². The lowest BCUT2D eigenvalue weighted by Crippen LogP contribution is -2.21. The van der Waals surface area contributed by atoms with Crippen LogP contribution in [0.2, 0.25) is 0 Å². The number of methoxy groups -OCH3 is 1. The molecule has 3 rings (SSSR count). The first-order valence-corrected chi connectivity index (χ1v) is 9.93. The zero-order chi connectivity index (χ0) is 22.4. The third-order valence-corrected chi connectivity index (χ3v) is 4.95. The van der Waals surface area contributed by atoms with E-state index in [2.05, 4.69) is 5.10 Å². The van der Waals surface area contributed by atoms with Gasteiger partial charge in [-0.3, -0.25) is 4.79 Å². The van der Waals surface area contributed by atoms with E-state index in [1.54, 1.807) is 38.3 Å². The molecule has 8 heteroatoms. The molecule has 0 aliphatic rings. The van der Waals surface area contributed by atoms with Crippen molar-refractivity contribution in [2.75, 3.05) is 37.9 Å². The number of rotatable bonds is 9. The first kappa shape index (κ1) is 21.9. The molecular formula is C23H26N4O4. The van der Waals surface area contributed by atoms with E-state index in [-0.39, 0.29) is 12.3 Å². The van der Waals surface area contributed by atoms with E-state index in [4.69, 9.17) is 15.2 Å². The number of esters is 1. The van der Waals surface area contributed by atoms with Gasteiger partial charge in [-0.15, -0.1) is 0 Å². The average Bonchev–Trinajstić information content (AvgIpc) is 3.16. The summed E-state index contributed by atoms with van der Waals surface area (Å²) in [5.41, 5.74) is 9.08. The number of aldehydes is 1. The van der Waals surface area contributed by atoms with Gasteiger partial charge in [-0.1, -0.05) is 0 Å². The maximum atomic E-state index is 12.6. The molecule has 162 valence electrons. The molecule has 0 aliphatic carbocycles. The summed E-state index contributed by atoms with van der Waals surface area (Å²) < 4.78 is 11.8. The standard InChI is InChI=1S/C23H26N4O4/c1-4-31-23(29)22-20(13-14-26(2)17-7-5-16(24)6-8-17)21(15-28)27(25-22)18-9-11-19(30-3)12-10-18/h5-12,15H,4,13-14,24H2,1-3H3. The molecule has 0 radical (unpaired) electrons. The van der Waals surface area contributed by atoms with E-state index in [9.17, 15) is 9.59 Å². The van der Waals surface area contributed by atoms with Crippen molar-refractivity contribution in [3.63, 3.8) is 0 Å². The number of carbonyl (C=O) groups is 2. The fourth-order valence-corrected chi connectivity index (χ4v) is 3.25. The molecule has 2 aromatic carbocycles. The van der Waals surface area contributed by atoms with Crippen molar-refractivity contribution in [3.8, 4) is 11.4 Å². The number of nitrogens with zero attached hydrogens (tertiary/aromatic N) is 3. The lowest BCUT2D eigenvalue weighted by atomic mass is 10.1. The Morgan fingerprint density at radius 3 is 2.42 bits per heavy atom. The molecule has 31 heavy (non-hydrogen) atoms. The highest BCUT2D eigenvalue weighted by Gasteiger charge is 2.24. The summed E-state index contributed by atoms with van der Waals surface area (Å²) in [6.07, 6.45) is 1.15. The Morgan fingerprint density at radius 1 is 1.16 bits per heavy atom. The summed E-state index contributed by atoms with van der Waals surface area (Å²) in [5.74, 6) is 0.127. The number of hydrogen-bond acceptors (Lipinski definition) is 7. The van der Waals surface area contributed by atoms with Crippen molar-refractivity contribution in [1.29, 1.82) is 0 Å². The maximum absolute atomic E-state index is 12.6. The lowest BCUT2D eigenvalue weighted by Gasteiger charge is -2.19. The molecule has 0 saturated heterocycles. The number of benzene rings is 2. The Kier molecular flexibility index (Phi) is 6.92. The first-order valence-electron chi connectivity index (χ1n) is 9.93. The predicted octanol–water partition coefficient (Wildman–Crippen LogP) is 3.13. The molecule has 0 saturated carbocycles. The van der Waals surface area contributed by atoms with Gasteiger partial charge in [0.1, 0.15) is 11.4 Å². The number of anilines is 2. The van der Waals surface area contributed by atoms with Crippen molar-refractivity contribution in [2.24, 2.45) is 0 Å². The zero-order valence-corrected chi connectivity index (χ0v) is 17.9. The number of hydrogen-bond donors (Lipinski definition) is 1.